The molecule has 112 valence electrons. The molecule has 1 amide bonds. The van der Waals surface area contributed by atoms with Crippen molar-refractivity contribution in [3.63, 3.8) is 0 Å². The number of nitrogens with two attached hydrogens (primary N) is 1. The molecule has 0 radical (unpaired) electrons. The Kier molecular flexibility index (Phi) is 4.11. The van der Waals surface area contributed by atoms with Crippen LogP contribution in [0.5, 0.6) is 0 Å². The van der Waals surface area contributed by atoms with Crippen LogP contribution in [0.3, 0.4) is 0 Å². The molecule has 2 N–H and O–H groups in total. The minimum Gasteiger partial charge on any atom is -0.397 e. The number of anilines is 1. The number of carbonyl (C=O) groups is 1. The molecule has 2 heterocycles. The third-order valence-electron chi connectivity index (χ3n) is 4.50. The zero-order valence-corrected chi connectivity index (χ0v) is 13.3. The van der Waals surface area contributed by atoms with E-state index in [-0.39, 0.29) is 18.0 Å². The third kappa shape index (κ3) is 2.69. The van der Waals surface area contributed by atoms with Crippen LogP contribution in [-0.2, 0) is 0 Å². The van der Waals surface area contributed by atoms with Crippen molar-refractivity contribution in [3.8, 4) is 0 Å². The molecule has 0 aromatic carbocycles. The van der Waals surface area contributed by atoms with Crippen LogP contribution in [-0.4, -0.2) is 28.0 Å². The highest BCUT2D eigenvalue weighted by molar-refractivity contribution is 5.94. The van der Waals surface area contributed by atoms with Crippen molar-refractivity contribution in [3.05, 3.63) is 18.0 Å². The Morgan fingerprint density at radius 2 is 2.00 bits per heavy atom. The number of amides is 1. The van der Waals surface area contributed by atoms with Crippen molar-refractivity contribution in [1.29, 1.82) is 0 Å². The van der Waals surface area contributed by atoms with Crippen molar-refractivity contribution >= 4 is 11.6 Å². The Hall–Kier alpha value is -1.45. The van der Waals surface area contributed by atoms with Gasteiger partial charge in [-0.1, -0.05) is 13.8 Å². The standard InChI is InChI=1S/C16H27N3O/c1-10(2)18-9-14(17)7-15(18)16(20)19-8-11(3)6-12(4)13(19)5/h7,9-13H,6,8,17H2,1-5H3. The van der Waals surface area contributed by atoms with E-state index < -0.39 is 0 Å². The summed E-state index contributed by atoms with van der Waals surface area (Å²) in [7, 11) is 0. The molecule has 0 saturated carbocycles. The zero-order chi connectivity index (χ0) is 15.0. The summed E-state index contributed by atoms with van der Waals surface area (Å²) in [5.74, 6) is 1.22. The van der Waals surface area contributed by atoms with Crippen molar-refractivity contribution in [2.45, 2.75) is 53.1 Å². The molecule has 0 aliphatic carbocycles. The molecule has 3 atom stereocenters. The maximum Gasteiger partial charge on any atom is 0.270 e. The minimum absolute atomic E-state index is 0.112. The van der Waals surface area contributed by atoms with E-state index in [2.05, 4.69) is 34.6 Å². The highest BCUT2D eigenvalue weighted by Crippen LogP contribution is 2.29. The van der Waals surface area contributed by atoms with Gasteiger partial charge < -0.3 is 15.2 Å². The van der Waals surface area contributed by atoms with Crippen LogP contribution in [0.4, 0.5) is 5.69 Å². The van der Waals surface area contributed by atoms with Crippen molar-refractivity contribution < 1.29 is 4.79 Å². The van der Waals surface area contributed by atoms with Crippen molar-refractivity contribution in [1.82, 2.24) is 9.47 Å². The first-order chi connectivity index (χ1) is 9.31. The van der Waals surface area contributed by atoms with Gasteiger partial charge in [0.25, 0.3) is 5.91 Å². The molecular formula is C16H27N3O. The van der Waals surface area contributed by atoms with Gasteiger partial charge in [-0.15, -0.1) is 0 Å². The van der Waals surface area contributed by atoms with Crippen LogP contribution in [0, 0.1) is 11.8 Å². The van der Waals surface area contributed by atoms with Crippen LogP contribution in [0.15, 0.2) is 12.3 Å². The lowest BCUT2D eigenvalue weighted by molar-refractivity contribution is 0.0444. The number of likely N-dealkylation sites (tertiary alicyclic amines) is 1. The first-order valence-corrected chi connectivity index (χ1v) is 7.59. The molecule has 0 spiro atoms. The molecule has 1 aliphatic heterocycles. The molecule has 20 heavy (non-hydrogen) atoms. The first kappa shape index (κ1) is 14.9. The molecule has 0 bridgehead atoms. The lowest BCUT2D eigenvalue weighted by Gasteiger charge is -2.41. The highest BCUT2D eigenvalue weighted by Gasteiger charge is 2.33. The molecule has 1 aliphatic rings. The van der Waals surface area contributed by atoms with Gasteiger partial charge in [0, 0.05) is 24.8 Å². The summed E-state index contributed by atoms with van der Waals surface area (Å²) in [6, 6.07) is 2.33. The number of hydrogen-bond donors (Lipinski definition) is 1. The topological polar surface area (TPSA) is 51.3 Å². The number of nitrogen functional groups attached to an aromatic ring is 1. The Morgan fingerprint density at radius 3 is 2.60 bits per heavy atom. The lowest BCUT2D eigenvalue weighted by Crippen LogP contribution is -2.49. The Balaban J connectivity index is 2.31. The minimum atomic E-state index is 0.112. The fraction of sp³-hybridized carbons (Fsp3) is 0.688. The predicted molar refractivity (Wildman–Crippen MR) is 82.7 cm³/mol. The van der Waals surface area contributed by atoms with E-state index in [0.717, 1.165) is 6.54 Å². The number of rotatable bonds is 2. The van der Waals surface area contributed by atoms with Gasteiger partial charge in [-0.25, -0.2) is 0 Å². The zero-order valence-electron chi connectivity index (χ0n) is 13.3. The highest BCUT2D eigenvalue weighted by atomic mass is 16.2. The van der Waals surface area contributed by atoms with Crippen LogP contribution < -0.4 is 5.73 Å². The molecule has 1 saturated heterocycles. The van der Waals surface area contributed by atoms with E-state index in [0.29, 0.717) is 23.2 Å². The first-order valence-electron chi connectivity index (χ1n) is 7.59. The molecule has 1 fully saturated rings. The molecule has 2 rings (SSSR count). The van der Waals surface area contributed by atoms with Gasteiger partial charge in [0.15, 0.2) is 0 Å². The number of nitrogens with zero attached hydrogens (tertiary/aromatic N) is 2. The normalized spacial score (nSPS) is 27.1. The van der Waals surface area contributed by atoms with Gasteiger partial charge in [-0.2, -0.15) is 0 Å². The molecule has 3 unspecified atom stereocenters. The van der Waals surface area contributed by atoms with Gasteiger partial charge in [0.05, 0.1) is 5.69 Å². The summed E-state index contributed by atoms with van der Waals surface area (Å²) < 4.78 is 1.98. The number of piperidine rings is 1. The van der Waals surface area contributed by atoms with Gasteiger partial charge in [0.1, 0.15) is 5.69 Å². The van der Waals surface area contributed by atoms with E-state index in [1.807, 2.05) is 15.7 Å². The average molecular weight is 277 g/mol. The monoisotopic (exact) mass is 277 g/mol. The fourth-order valence-electron chi connectivity index (χ4n) is 3.23. The van der Waals surface area contributed by atoms with E-state index in [1.54, 1.807) is 6.07 Å². The smallest absolute Gasteiger partial charge is 0.270 e. The van der Waals surface area contributed by atoms with E-state index in [4.69, 9.17) is 5.73 Å². The fourth-order valence-corrected chi connectivity index (χ4v) is 3.23. The summed E-state index contributed by atoms with van der Waals surface area (Å²) in [4.78, 5) is 14.9. The summed E-state index contributed by atoms with van der Waals surface area (Å²) in [5.41, 5.74) is 7.26. The second kappa shape index (κ2) is 5.51. The maximum atomic E-state index is 12.9. The van der Waals surface area contributed by atoms with Crippen LogP contribution in [0.2, 0.25) is 0 Å². The Bertz CT molecular complexity index is 492. The quantitative estimate of drug-likeness (QED) is 0.902. The van der Waals surface area contributed by atoms with E-state index in [1.165, 1.54) is 6.42 Å². The SMILES string of the molecule is CC1CC(C)C(C)N(C(=O)c2cc(N)cn2C(C)C)C1. The van der Waals surface area contributed by atoms with Crippen molar-refractivity contribution in [2.24, 2.45) is 11.8 Å². The Morgan fingerprint density at radius 1 is 1.35 bits per heavy atom. The molecule has 1 aromatic rings. The second-order valence-electron chi connectivity index (χ2n) is 6.68. The lowest BCUT2D eigenvalue weighted by atomic mass is 9.86. The van der Waals surface area contributed by atoms with Crippen LogP contribution in [0.1, 0.15) is 57.6 Å². The Labute approximate surface area is 121 Å². The number of aromatic nitrogens is 1. The molecule has 4 heteroatoms. The largest absolute Gasteiger partial charge is 0.397 e. The molecular weight excluding hydrogens is 250 g/mol. The van der Waals surface area contributed by atoms with Crippen molar-refractivity contribution in [2.75, 3.05) is 12.3 Å². The second-order valence-corrected chi connectivity index (χ2v) is 6.68. The number of carbonyl (C=O) groups excluding carboxylic acids is 1. The van der Waals surface area contributed by atoms with Gasteiger partial charge in [-0.05, 0) is 45.1 Å². The number of hydrogen-bond acceptors (Lipinski definition) is 2. The van der Waals surface area contributed by atoms with Gasteiger partial charge >= 0.3 is 0 Å². The third-order valence-corrected chi connectivity index (χ3v) is 4.50. The van der Waals surface area contributed by atoms with Crippen LogP contribution in [0.25, 0.3) is 0 Å². The predicted octanol–water partition coefficient (Wildman–Crippen LogP) is 3.16. The maximum absolute atomic E-state index is 12.9. The van der Waals surface area contributed by atoms with Gasteiger partial charge in [-0.3, -0.25) is 4.79 Å². The molecule has 4 nitrogen and oxygen atoms in total. The average Bonchev–Trinajstić information content (AvgIpc) is 2.75. The summed E-state index contributed by atoms with van der Waals surface area (Å²) in [6.45, 7) is 11.6. The van der Waals surface area contributed by atoms with Gasteiger partial charge in [0.2, 0.25) is 0 Å². The van der Waals surface area contributed by atoms with E-state index in [9.17, 15) is 4.79 Å². The van der Waals surface area contributed by atoms with Crippen LogP contribution >= 0.6 is 0 Å². The molecule has 1 aromatic heterocycles. The summed E-state index contributed by atoms with van der Waals surface area (Å²) in [6.07, 6.45) is 3.05. The summed E-state index contributed by atoms with van der Waals surface area (Å²) >= 11 is 0. The summed E-state index contributed by atoms with van der Waals surface area (Å²) in [5, 5.41) is 0. The van der Waals surface area contributed by atoms with E-state index >= 15 is 0 Å².